The van der Waals surface area contributed by atoms with Crippen LogP contribution >= 0.6 is 0 Å². The van der Waals surface area contributed by atoms with Crippen molar-refractivity contribution in [3.8, 4) is 0 Å². The number of nitrogens with zero attached hydrogens (tertiary/aromatic N) is 2. The van der Waals surface area contributed by atoms with Gasteiger partial charge in [-0.1, -0.05) is 78.9 Å². The second-order valence-corrected chi connectivity index (χ2v) is 7.81. The molecule has 1 atom stereocenters. The number of rotatable bonds is 8. The van der Waals surface area contributed by atoms with Crippen LogP contribution in [0.25, 0.3) is 0 Å². The summed E-state index contributed by atoms with van der Waals surface area (Å²) in [7, 11) is 0. The summed E-state index contributed by atoms with van der Waals surface area (Å²) in [5.41, 5.74) is 3.48. The fraction of sp³-hybridized carbons (Fsp3) is 0.308. The molecule has 1 fully saturated rings. The number of piperazine rings is 1. The first-order valence-corrected chi connectivity index (χ1v) is 10.7. The Morgan fingerprint density at radius 2 is 1.20 bits per heavy atom. The van der Waals surface area contributed by atoms with E-state index in [0.29, 0.717) is 13.2 Å². The van der Waals surface area contributed by atoms with Crippen molar-refractivity contribution in [2.24, 2.45) is 0 Å². The van der Waals surface area contributed by atoms with Crippen LogP contribution < -0.4 is 4.90 Å². The molecule has 30 heavy (non-hydrogen) atoms. The third-order valence-corrected chi connectivity index (χ3v) is 5.62. The second-order valence-electron chi connectivity index (χ2n) is 7.81. The number of hydrogen-bond acceptors (Lipinski definition) is 4. The Bertz CT molecular complexity index is 826. The molecule has 0 aromatic heterocycles. The van der Waals surface area contributed by atoms with Crippen molar-refractivity contribution < 1.29 is 9.84 Å². The molecule has 1 unspecified atom stereocenters. The van der Waals surface area contributed by atoms with Crippen LogP contribution in [0, 0.1) is 0 Å². The molecule has 4 heteroatoms. The summed E-state index contributed by atoms with van der Waals surface area (Å²) in [6, 6.07) is 31.0. The van der Waals surface area contributed by atoms with E-state index in [0.717, 1.165) is 37.3 Å². The zero-order valence-electron chi connectivity index (χ0n) is 17.3. The molecule has 156 valence electrons. The van der Waals surface area contributed by atoms with E-state index in [9.17, 15) is 5.11 Å². The minimum absolute atomic E-state index is 0.169. The van der Waals surface area contributed by atoms with Crippen LogP contribution in [-0.2, 0) is 4.74 Å². The van der Waals surface area contributed by atoms with Crippen molar-refractivity contribution >= 4 is 5.69 Å². The number of hydrogen-bond donors (Lipinski definition) is 1. The highest BCUT2D eigenvalue weighted by Crippen LogP contribution is 2.26. The highest BCUT2D eigenvalue weighted by atomic mass is 16.5. The van der Waals surface area contributed by atoms with Crippen molar-refractivity contribution in [3.05, 3.63) is 102 Å². The van der Waals surface area contributed by atoms with Gasteiger partial charge in [-0.3, -0.25) is 4.90 Å². The van der Waals surface area contributed by atoms with E-state index in [2.05, 4.69) is 58.3 Å². The largest absolute Gasteiger partial charge is 0.389 e. The van der Waals surface area contributed by atoms with Gasteiger partial charge in [0.1, 0.15) is 6.10 Å². The average molecular weight is 403 g/mol. The molecule has 1 N–H and O–H groups in total. The van der Waals surface area contributed by atoms with Gasteiger partial charge in [0.2, 0.25) is 0 Å². The molecule has 0 spiro atoms. The van der Waals surface area contributed by atoms with Gasteiger partial charge in [-0.15, -0.1) is 0 Å². The van der Waals surface area contributed by atoms with E-state index < -0.39 is 6.10 Å². The van der Waals surface area contributed by atoms with E-state index in [1.165, 1.54) is 5.69 Å². The smallest absolute Gasteiger partial charge is 0.108 e. The predicted octanol–water partition coefficient (Wildman–Crippen LogP) is 3.98. The van der Waals surface area contributed by atoms with Crippen molar-refractivity contribution in [1.82, 2.24) is 4.90 Å². The summed E-state index contributed by atoms with van der Waals surface area (Å²) < 4.78 is 6.22. The van der Waals surface area contributed by atoms with Crippen LogP contribution in [0.5, 0.6) is 0 Å². The Balaban J connectivity index is 1.30. The number of β-amino-alcohol motifs (C(OH)–C–C–N with tert-alkyl or cyclic N) is 1. The van der Waals surface area contributed by atoms with Gasteiger partial charge in [0.25, 0.3) is 0 Å². The van der Waals surface area contributed by atoms with Gasteiger partial charge in [0.15, 0.2) is 0 Å². The van der Waals surface area contributed by atoms with E-state index in [1.807, 2.05) is 42.5 Å². The van der Waals surface area contributed by atoms with Crippen LogP contribution in [0.2, 0.25) is 0 Å². The van der Waals surface area contributed by atoms with E-state index in [-0.39, 0.29) is 6.10 Å². The summed E-state index contributed by atoms with van der Waals surface area (Å²) in [5, 5.41) is 10.6. The molecule has 1 saturated heterocycles. The number of benzene rings is 3. The lowest BCUT2D eigenvalue weighted by Gasteiger charge is -2.37. The van der Waals surface area contributed by atoms with Crippen molar-refractivity contribution in [2.75, 3.05) is 44.2 Å². The molecule has 0 bridgehead atoms. The van der Waals surface area contributed by atoms with Gasteiger partial charge in [-0.2, -0.15) is 0 Å². The average Bonchev–Trinajstić information content (AvgIpc) is 2.82. The molecule has 4 rings (SSSR count). The van der Waals surface area contributed by atoms with Crippen LogP contribution in [-0.4, -0.2) is 55.4 Å². The van der Waals surface area contributed by atoms with E-state index in [1.54, 1.807) is 0 Å². The van der Waals surface area contributed by atoms with Gasteiger partial charge >= 0.3 is 0 Å². The van der Waals surface area contributed by atoms with Gasteiger partial charge in [-0.05, 0) is 23.3 Å². The fourth-order valence-corrected chi connectivity index (χ4v) is 4.03. The zero-order chi connectivity index (χ0) is 20.6. The summed E-state index contributed by atoms with van der Waals surface area (Å²) >= 11 is 0. The number of aliphatic hydroxyl groups is 1. The van der Waals surface area contributed by atoms with Crippen molar-refractivity contribution in [1.29, 1.82) is 0 Å². The molecule has 1 aliphatic heterocycles. The highest BCUT2D eigenvalue weighted by Gasteiger charge is 2.21. The van der Waals surface area contributed by atoms with Gasteiger partial charge in [-0.25, -0.2) is 0 Å². The van der Waals surface area contributed by atoms with E-state index >= 15 is 0 Å². The molecule has 0 amide bonds. The Labute approximate surface area is 179 Å². The minimum atomic E-state index is -0.511. The Morgan fingerprint density at radius 3 is 1.73 bits per heavy atom. The topological polar surface area (TPSA) is 35.9 Å². The number of ether oxygens (including phenoxy) is 1. The summed E-state index contributed by atoms with van der Waals surface area (Å²) in [6.07, 6.45) is -0.680. The SMILES string of the molecule is OC(COC(c1ccccc1)c1ccccc1)CN1CCN(c2ccccc2)CC1. The lowest BCUT2D eigenvalue weighted by molar-refractivity contribution is -0.00893. The van der Waals surface area contributed by atoms with Crippen LogP contribution in [0.4, 0.5) is 5.69 Å². The first-order chi connectivity index (χ1) is 14.8. The van der Waals surface area contributed by atoms with Gasteiger partial charge in [0, 0.05) is 38.4 Å². The summed E-state index contributed by atoms with van der Waals surface area (Å²) in [6.45, 7) is 4.81. The molecule has 0 saturated carbocycles. The van der Waals surface area contributed by atoms with Crippen LogP contribution in [0.15, 0.2) is 91.0 Å². The monoisotopic (exact) mass is 402 g/mol. The van der Waals surface area contributed by atoms with E-state index in [4.69, 9.17) is 4.74 Å². The number of anilines is 1. The first-order valence-electron chi connectivity index (χ1n) is 10.7. The highest BCUT2D eigenvalue weighted by molar-refractivity contribution is 5.46. The maximum absolute atomic E-state index is 10.6. The molecule has 4 nitrogen and oxygen atoms in total. The van der Waals surface area contributed by atoms with Crippen molar-refractivity contribution in [3.63, 3.8) is 0 Å². The number of aliphatic hydroxyl groups excluding tert-OH is 1. The summed E-state index contributed by atoms with van der Waals surface area (Å²) in [4.78, 5) is 4.73. The Kier molecular flexibility index (Phi) is 7.14. The lowest BCUT2D eigenvalue weighted by Crippen LogP contribution is -2.49. The van der Waals surface area contributed by atoms with Gasteiger partial charge < -0.3 is 14.7 Å². The predicted molar refractivity (Wildman–Crippen MR) is 122 cm³/mol. The molecule has 0 aliphatic carbocycles. The minimum Gasteiger partial charge on any atom is -0.389 e. The normalized spacial score (nSPS) is 16.0. The maximum Gasteiger partial charge on any atom is 0.108 e. The third kappa shape index (κ3) is 5.48. The zero-order valence-corrected chi connectivity index (χ0v) is 17.3. The lowest BCUT2D eigenvalue weighted by atomic mass is 10.0. The third-order valence-electron chi connectivity index (χ3n) is 5.62. The first kappa shape index (κ1) is 20.6. The Hall–Kier alpha value is -2.66. The molecule has 1 heterocycles. The molecule has 3 aromatic carbocycles. The molecule has 0 radical (unpaired) electrons. The summed E-state index contributed by atoms with van der Waals surface area (Å²) in [5.74, 6) is 0. The van der Waals surface area contributed by atoms with Gasteiger partial charge in [0.05, 0.1) is 12.7 Å². The standard InChI is InChI=1S/C26H30N2O2/c29-25(20-27-16-18-28(19-17-27)24-14-8-3-9-15-24)21-30-26(22-10-4-1-5-11-22)23-12-6-2-7-13-23/h1-15,25-26,29H,16-21H2. The molecule has 1 aliphatic rings. The van der Waals surface area contributed by atoms with Crippen molar-refractivity contribution in [2.45, 2.75) is 12.2 Å². The molecular weight excluding hydrogens is 372 g/mol. The fourth-order valence-electron chi connectivity index (χ4n) is 4.03. The Morgan fingerprint density at radius 1 is 0.700 bits per heavy atom. The van der Waals surface area contributed by atoms with Crippen LogP contribution in [0.1, 0.15) is 17.2 Å². The molecule has 3 aromatic rings. The maximum atomic E-state index is 10.6. The second kappa shape index (κ2) is 10.4. The number of para-hydroxylation sites is 1. The quantitative estimate of drug-likeness (QED) is 0.618. The molecular formula is C26H30N2O2. The van der Waals surface area contributed by atoms with Crippen LogP contribution in [0.3, 0.4) is 0 Å².